The number of ether oxygens (including phenoxy) is 1. The molecule has 148 valence electrons. The Bertz CT molecular complexity index is 1140. The molecule has 0 fully saturated rings. The van der Waals surface area contributed by atoms with Crippen molar-refractivity contribution >= 4 is 44.8 Å². The molecule has 3 aromatic rings. The number of carboxylic acids is 1. The topological polar surface area (TPSA) is 75.6 Å². The minimum absolute atomic E-state index is 0.0698. The highest BCUT2D eigenvalue weighted by atomic mass is 79.9. The molecule has 1 unspecified atom stereocenters. The highest BCUT2D eigenvalue weighted by Crippen LogP contribution is 2.50. The number of amides is 1. The molecule has 0 bridgehead atoms. The van der Waals surface area contributed by atoms with E-state index in [0.29, 0.717) is 22.6 Å². The fourth-order valence-corrected chi connectivity index (χ4v) is 5.33. The number of carbonyl (C=O) groups is 2. The molecule has 0 saturated carbocycles. The lowest BCUT2D eigenvalue weighted by molar-refractivity contribution is -0.116. The average Bonchev–Trinajstić information content (AvgIpc) is 3.07. The van der Waals surface area contributed by atoms with Gasteiger partial charge in [0.05, 0.1) is 17.3 Å². The van der Waals surface area contributed by atoms with E-state index < -0.39 is 11.8 Å². The van der Waals surface area contributed by atoms with Crippen LogP contribution in [0.2, 0.25) is 0 Å². The molecule has 1 amide bonds. The monoisotopic (exact) mass is 475 g/mol. The summed E-state index contributed by atoms with van der Waals surface area (Å²) in [5.41, 5.74) is 2.04. The summed E-state index contributed by atoms with van der Waals surface area (Å²) in [6, 6.07) is 11.2. The molecule has 29 heavy (non-hydrogen) atoms. The number of hydrogen-bond donors (Lipinski definition) is 2. The van der Waals surface area contributed by atoms with Gasteiger partial charge in [0.15, 0.2) is 0 Å². The van der Waals surface area contributed by atoms with Gasteiger partial charge in [-0.1, -0.05) is 18.2 Å². The SMILES string of the molecule is COc1ccc(C2CC(=O)Nc3c2sc(C(=O)O)c3-c2cccc(F)c2)cc1Br. The van der Waals surface area contributed by atoms with Gasteiger partial charge < -0.3 is 15.2 Å². The Kier molecular flexibility index (Phi) is 5.14. The van der Waals surface area contributed by atoms with Crippen LogP contribution in [0.4, 0.5) is 10.1 Å². The van der Waals surface area contributed by atoms with Crippen molar-refractivity contribution in [1.82, 2.24) is 0 Å². The van der Waals surface area contributed by atoms with Crippen molar-refractivity contribution in [2.24, 2.45) is 0 Å². The normalized spacial score (nSPS) is 15.6. The van der Waals surface area contributed by atoms with E-state index in [-0.39, 0.29) is 23.1 Å². The van der Waals surface area contributed by atoms with E-state index in [1.165, 1.54) is 18.2 Å². The lowest BCUT2D eigenvalue weighted by Crippen LogP contribution is -2.22. The highest BCUT2D eigenvalue weighted by molar-refractivity contribution is 9.10. The van der Waals surface area contributed by atoms with Crippen LogP contribution in [0.25, 0.3) is 11.1 Å². The minimum Gasteiger partial charge on any atom is -0.496 e. The first-order valence-corrected chi connectivity index (χ1v) is 10.3. The molecule has 2 aromatic carbocycles. The summed E-state index contributed by atoms with van der Waals surface area (Å²) in [7, 11) is 1.57. The minimum atomic E-state index is -1.12. The Morgan fingerprint density at radius 2 is 2.10 bits per heavy atom. The van der Waals surface area contributed by atoms with Crippen LogP contribution in [-0.4, -0.2) is 24.1 Å². The second kappa shape index (κ2) is 7.61. The standard InChI is InChI=1S/C21H15BrFNO4S/c1-28-15-6-5-10(8-14(15)22)13-9-16(25)24-18-17(11-3-2-4-12(23)7-11)20(21(26)27)29-19(13)18/h2-8,13H,9H2,1H3,(H,24,25)(H,26,27). The van der Waals surface area contributed by atoms with E-state index in [9.17, 15) is 19.1 Å². The lowest BCUT2D eigenvalue weighted by Gasteiger charge is -2.24. The van der Waals surface area contributed by atoms with Gasteiger partial charge in [-0.25, -0.2) is 9.18 Å². The predicted molar refractivity (Wildman–Crippen MR) is 112 cm³/mol. The summed E-state index contributed by atoms with van der Waals surface area (Å²) in [5, 5.41) is 12.6. The number of fused-ring (bicyclic) bond motifs is 1. The number of rotatable bonds is 4. The fraction of sp³-hybridized carbons (Fsp3) is 0.143. The molecule has 0 aliphatic carbocycles. The van der Waals surface area contributed by atoms with E-state index in [0.717, 1.165) is 26.3 Å². The van der Waals surface area contributed by atoms with E-state index in [1.54, 1.807) is 19.2 Å². The lowest BCUT2D eigenvalue weighted by atomic mass is 9.88. The van der Waals surface area contributed by atoms with Gasteiger partial charge in [-0.2, -0.15) is 0 Å². The fourth-order valence-electron chi connectivity index (χ4n) is 3.53. The van der Waals surface area contributed by atoms with E-state index >= 15 is 0 Å². The zero-order valence-corrected chi connectivity index (χ0v) is 17.6. The third kappa shape index (κ3) is 3.54. The molecular weight excluding hydrogens is 461 g/mol. The van der Waals surface area contributed by atoms with Gasteiger partial charge in [-0.15, -0.1) is 11.3 Å². The van der Waals surface area contributed by atoms with E-state index in [1.807, 2.05) is 12.1 Å². The van der Waals surface area contributed by atoms with Gasteiger partial charge in [-0.3, -0.25) is 4.79 Å². The summed E-state index contributed by atoms with van der Waals surface area (Å²) < 4.78 is 19.8. The van der Waals surface area contributed by atoms with Crippen molar-refractivity contribution in [2.45, 2.75) is 12.3 Å². The number of hydrogen-bond acceptors (Lipinski definition) is 4. The van der Waals surface area contributed by atoms with Gasteiger partial charge in [0.2, 0.25) is 5.91 Å². The number of carboxylic acid groups (broad SMARTS) is 1. The smallest absolute Gasteiger partial charge is 0.346 e. The summed E-state index contributed by atoms with van der Waals surface area (Å²) in [6.07, 6.45) is 0.188. The maximum Gasteiger partial charge on any atom is 0.346 e. The second-order valence-electron chi connectivity index (χ2n) is 6.56. The van der Waals surface area contributed by atoms with Crippen molar-refractivity contribution in [2.75, 3.05) is 12.4 Å². The van der Waals surface area contributed by atoms with Crippen molar-refractivity contribution < 1.29 is 23.8 Å². The number of anilines is 1. The maximum absolute atomic E-state index is 13.8. The largest absolute Gasteiger partial charge is 0.496 e. The molecule has 2 heterocycles. The molecule has 2 N–H and O–H groups in total. The van der Waals surface area contributed by atoms with Gasteiger partial charge in [0.25, 0.3) is 0 Å². The number of nitrogens with one attached hydrogen (secondary N) is 1. The zero-order chi connectivity index (χ0) is 20.7. The Morgan fingerprint density at radius 1 is 1.31 bits per heavy atom. The quantitative estimate of drug-likeness (QED) is 0.522. The number of carbonyl (C=O) groups excluding carboxylic acids is 1. The van der Waals surface area contributed by atoms with Gasteiger partial charge in [0, 0.05) is 22.8 Å². The van der Waals surface area contributed by atoms with Crippen LogP contribution >= 0.6 is 27.3 Å². The average molecular weight is 476 g/mol. The van der Waals surface area contributed by atoms with Crippen LogP contribution in [0, 0.1) is 5.82 Å². The summed E-state index contributed by atoms with van der Waals surface area (Å²) in [6.45, 7) is 0. The Morgan fingerprint density at radius 3 is 2.76 bits per heavy atom. The van der Waals surface area contributed by atoms with Crippen molar-refractivity contribution in [3.8, 4) is 16.9 Å². The highest BCUT2D eigenvalue weighted by Gasteiger charge is 2.34. The van der Waals surface area contributed by atoms with Gasteiger partial charge >= 0.3 is 5.97 Å². The van der Waals surface area contributed by atoms with Crippen LogP contribution in [0.1, 0.15) is 32.5 Å². The first kappa shape index (κ1) is 19.6. The summed E-state index contributed by atoms with van der Waals surface area (Å²) in [4.78, 5) is 25.2. The number of halogens is 2. The van der Waals surface area contributed by atoms with Crippen LogP contribution < -0.4 is 10.1 Å². The molecule has 0 saturated heterocycles. The maximum atomic E-state index is 13.8. The summed E-state index contributed by atoms with van der Waals surface area (Å²) in [5.74, 6) is -1.47. The number of aromatic carboxylic acids is 1. The molecule has 1 atom stereocenters. The van der Waals surface area contributed by atoms with Gasteiger partial charge in [0.1, 0.15) is 16.4 Å². The summed E-state index contributed by atoms with van der Waals surface area (Å²) >= 11 is 4.57. The molecule has 1 aliphatic rings. The molecule has 8 heteroatoms. The van der Waals surface area contributed by atoms with E-state index in [2.05, 4.69) is 21.2 Å². The number of methoxy groups -OCH3 is 1. The van der Waals surface area contributed by atoms with Crippen molar-refractivity contribution in [1.29, 1.82) is 0 Å². The van der Waals surface area contributed by atoms with Crippen molar-refractivity contribution in [3.63, 3.8) is 0 Å². The van der Waals surface area contributed by atoms with Crippen LogP contribution in [0.15, 0.2) is 46.9 Å². The second-order valence-corrected chi connectivity index (χ2v) is 8.47. The first-order valence-electron chi connectivity index (χ1n) is 8.68. The Labute approximate surface area is 178 Å². The van der Waals surface area contributed by atoms with Crippen LogP contribution in [0.3, 0.4) is 0 Å². The molecule has 1 aliphatic heterocycles. The van der Waals surface area contributed by atoms with Crippen LogP contribution in [-0.2, 0) is 4.79 Å². The zero-order valence-electron chi connectivity index (χ0n) is 15.2. The Balaban J connectivity index is 1.92. The van der Waals surface area contributed by atoms with E-state index in [4.69, 9.17) is 4.74 Å². The third-order valence-electron chi connectivity index (χ3n) is 4.79. The first-order chi connectivity index (χ1) is 13.9. The molecule has 0 spiro atoms. The molecule has 4 rings (SSSR count). The molecule has 1 aromatic heterocycles. The third-order valence-corrected chi connectivity index (χ3v) is 6.70. The number of benzene rings is 2. The molecule has 0 radical (unpaired) electrons. The Hall–Kier alpha value is -2.71. The molecule has 5 nitrogen and oxygen atoms in total. The van der Waals surface area contributed by atoms with Gasteiger partial charge in [-0.05, 0) is 51.3 Å². The predicted octanol–water partition coefficient (Wildman–Crippen LogP) is 5.50. The molecular formula is C21H15BrFNO4S. The van der Waals surface area contributed by atoms with Crippen molar-refractivity contribution in [3.05, 3.63) is 68.1 Å². The number of thiophene rings is 1. The van der Waals surface area contributed by atoms with Crippen LogP contribution in [0.5, 0.6) is 5.75 Å².